The number of alkyl carbamates (subject to hydrolysis) is 1. The third-order valence-electron chi connectivity index (χ3n) is 16.1. The molecule has 356 valence electrons. The van der Waals surface area contributed by atoms with E-state index in [1.165, 1.54) is 13.2 Å². The van der Waals surface area contributed by atoms with Crippen LogP contribution in [0.2, 0.25) is 0 Å². The third kappa shape index (κ3) is 7.42. The van der Waals surface area contributed by atoms with Gasteiger partial charge in [-0.2, -0.15) is 8.78 Å². The van der Waals surface area contributed by atoms with Crippen molar-refractivity contribution < 1.29 is 32.6 Å². The summed E-state index contributed by atoms with van der Waals surface area (Å²) in [6.45, 7) is 6.90. The van der Waals surface area contributed by atoms with Crippen LogP contribution < -0.4 is 5.32 Å². The summed E-state index contributed by atoms with van der Waals surface area (Å²) in [5.74, 6) is -2.03. The smallest absolute Gasteiger partial charge is 0.407 e. The Kier molecular flexibility index (Phi) is 10.5. The molecule has 5 heterocycles. The van der Waals surface area contributed by atoms with Gasteiger partial charge in [-0.1, -0.05) is 74.5 Å². The number of rotatable bonds is 10. The summed E-state index contributed by atoms with van der Waals surface area (Å²) in [5, 5.41) is 2.72. The summed E-state index contributed by atoms with van der Waals surface area (Å²) in [6.07, 6.45) is 6.77. The van der Waals surface area contributed by atoms with Crippen LogP contribution in [0.5, 0.6) is 0 Å². The first kappa shape index (κ1) is 43.8. The van der Waals surface area contributed by atoms with Gasteiger partial charge in [-0.15, -0.1) is 0 Å². The van der Waals surface area contributed by atoms with Gasteiger partial charge >= 0.3 is 6.09 Å². The highest BCUT2D eigenvalue weighted by Crippen LogP contribution is 2.59. The Balaban J connectivity index is 0.799. The van der Waals surface area contributed by atoms with Crippen molar-refractivity contribution in [3.63, 3.8) is 0 Å². The molecule has 3 N–H and O–H groups in total. The molecule has 1 spiro atoms. The van der Waals surface area contributed by atoms with E-state index in [-0.39, 0.29) is 52.4 Å². The molecule has 2 aromatic heterocycles. The molecule has 69 heavy (non-hydrogen) atoms. The number of morpholine rings is 1. The molecule has 3 aliphatic heterocycles. The zero-order chi connectivity index (χ0) is 47.3. The maximum absolute atomic E-state index is 16.8. The van der Waals surface area contributed by atoms with E-state index in [0.29, 0.717) is 66.8 Å². The van der Waals surface area contributed by atoms with E-state index >= 15 is 8.78 Å². The lowest BCUT2D eigenvalue weighted by molar-refractivity contribution is -0.144. The van der Waals surface area contributed by atoms with Gasteiger partial charge < -0.3 is 34.6 Å². The van der Waals surface area contributed by atoms with E-state index < -0.39 is 24.1 Å². The number of nitrogens with zero attached hydrogens (tertiary/aromatic N) is 5. The molecular weight excluding hydrogens is 879 g/mol. The molecule has 3 aliphatic carbocycles. The predicted octanol–water partition coefficient (Wildman–Crippen LogP) is 9.30. The van der Waals surface area contributed by atoms with Crippen LogP contribution in [-0.4, -0.2) is 105 Å². The number of piperidine rings is 1. The monoisotopic (exact) mass is 934 g/mol. The number of carbonyl (C=O) groups is 3. The van der Waals surface area contributed by atoms with Crippen molar-refractivity contribution in [3.05, 3.63) is 119 Å². The number of halogens is 2. The molecular formula is C54H56F2N8O5. The molecule has 6 aliphatic rings. The second-order valence-electron chi connectivity index (χ2n) is 20.6. The van der Waals surface area contributed by atoms with E-state index in [9.17, 15) is 14.4 Å². The molecule has 6 aromatic rings. The quantitative estimate of drug-likeness (QED) is 0.123. The number of amides is 3. The van der Waals surface area contributed by atoms with Gasteiger partial charge in [0.15, 0.2) is 0 Å². The lowest BCUT2D eigenvalue weighted by Gasteiger charge is -2.41. The van der Waals surface area contributed by atoms with Crippen molar-refractivity contribution in [2.45, 2.75) is 88.5 Å². The molecule has 0 radical (unpaired) electrons. The normalized spacial score (nSPS) is 23.9. The highest BCUT2D eigenvalue weighted by Gasteiger charge is 2.55. The molecule has 5 fully saturated rings. The van der Waals surface area contributed by atoms with E-state index in [1.54, 1.807) is 24.4 Å². The van der Waals surface area contributed by atoms with Gasteiger partial charge in [0.1, 0.15) is 23.7 Å². The van der Waals surface area contributed by atoms with E-state index in [0.717, 1.165) is 72.2 Å². The second kappa shape index (κ2) is 16.6. The van der Waals surface area contributed by atoms with Crippen LogP contribution in [0.4, 0.5) is 13.6 Å². The van der Waals surface area contributed by atoms with Gasteiger partial charge in [-0.3, -0.25) is 14.5 Å². The van der Waals surface area contributed by atoms with Crippen LogP contribution in [-0.2, 0) is 25.0 Å². The summed E-state index contributed by atoms with van der Waals surface area (Å²) in [5.41, 5.74) is 6.06. The minimum absolute atomic E-state index is 0.0288. The minimum Gasteiger partial charge on any atom is -0.453 e. The first-order valence-electron chi connectivity index (χ1n) is 24.5. The van der Waals surface area contributed by atoms with Crippen LogP contribution in [0, 0.1) is 17.3 Å². The third-order valence-corrected chi connectivity index (χ3v) is 16.1. The maximum Gasteiger partial charge on any atom is 0.407 e. The molecule has 4 aromatic carbocycles. The predicted molar refractivity (Wildman–Crippen MR) is 255 cm³/mol. The number of benzene rings is 4. The van der Waals surface area contributed by atoms with Gasteiger partial charge in [0.25, 0.3) is 5.92 Å². The Morgan fingerprint density at radius 3 is 2.30 bits per heavy atom. The van der Waals surface area contributed by atoms with Crippen LogP contribution in [0.3, 0.4) is 0 Å². The zero-order valence-corrected chi connectivity index (χ0v) is 39.0. The van der Waals surface area contributed by atoms with Crippen molar-refractivity contribution in [1.29, 1.82) is 0 Å². The Bertz CT molecular complexity index is 3000. The Labute approximate surface area is 399 Å². The van der Waals surface area contributed by atoms with Gasteiger partial charge in [-0.05, 0) is 108 Å². The van der Waals surface area contributed by atoms with Crippen molar-refractivity contribution in [2.24, 2.45) is 17.3 Å². The molecule has 3 saturated heterocycles. The van der Waals surface area contributed by atoms with E-state index in [1.807, 2.05) is 79.4 Å². The number of H-pyrrole nitrogens is 2. The number of hydrogen-bond acceptors (Lipinski definition) is 8. The highest BCUT2D eigenvalue weighted by atomic mass is 19.3. The van der Waals surface area contributed by atoms with Crippen LogP contribution in [0.1, 0.15) is 98.7 Å². The average molecular weight is 935 g/mol. The molecule has 12 rings (SSSR count). The summed E-state index contributed by atoms with van der Waals surface area (Å²) in [7, 11) is 1.27. The standard InChI is InChI=1S/C54H56F2N8O5/c1-30(2)45(61-52(67)68-3)50(65)63-29-53(17-18-53)27-44(63)43-28-57-48(60-43)35-11-15-38-37-14-10-32(24-39(37)54(55,56)40(38)25-35)33-12-16-41-42(26-33)59-49(58-41)46-34-9-13-36(23-34)64(46)51(66)47(31-7-5-4-6-8-31)62-19-21-69-22-20-62/h4-8,10-12,14-16,24-26,28,30,34,36,44-47H,9,13,17-23,27,29H2,1-3H3,(H,57,60)(H,58,59)(H,61,67)/t34-,36+,44-,45-,46-,47-/m0/s1. The summed E-state index contributed by atoms with van der Waals surface area (Å²) < 4.78 is 44.1. The lowest BCUT2D eigenvalue weighted by Crippen LogP contribution is -2.51. The largest absolute Gasteiger partial charge is 0.453 e. The van der Waals surface area contributed by atoms with E-state index in [2.05, 4.69) is 30.1 Å². The number of hydrogen-bond donors (Lipinski definition) is 3. The van der Waals surface area contributed by atoms with Gasteiger partial charge in [0.2, 0.25) is 11.8 Å². The van der Waals surface area contributed by atoms with Crippen molar-refractivity contribution >= 4 is 28.9 Å². The molecule has 2 bridgehead atoms. The highest BCUT2D eigenvalue weighted by molar-refractivity contribution is 5.89. The number of alkyl halides is 2. The Hall–Kier alpha value is -6.45. The first-order valence-corrected chi connectivity index (χ1v) is 24.5. The topological polar surface area (TPSA) is 149 Å². The fourth-order valence-electron chi connectivity index (χ4n) is 12.3. The first-order chi connectivity index (χ1) is 33.4. The Morgan fingerprint density at radius 2 is 1.58 bits per heavy atom. The molecule has 2 saturated carbocycles. The van der Waals surface area contributed by atoms with Crippen LogP contribution in [0.25, 0.3) is 44.7 Å². The number of methoxy groups -OCH3 is 1. The van der Waals surface area contributed by atoms with Crippen molar-refractivity contribution in [1.82, 2.24) is 40.0 Å². The molecule has 15 heteroatoms. The number of fused-ring (bicyclic) bond motifs is 6. The average Bonchev–Trinajstić information content (AvgIpc) is 4.03. The lowest BCUT2D eigenvalue weighted by atomic mass is 9.95. The number of ether oxygens (including phenoxy) is 2. The summed E-state index contributed by atoms with van der Waals surface area (Å²) in [6, 6.07) is 24.7. The van der Waals surface area contributed by atoms with Gasteiger partial charge in [0.05, 0.1) is 55.3 Å². The fourth-order valence-corrected chi connectivity index (χ4v) is 12.3. The number of imidazole rings is 2. The summed E-state index contributed by atoms with van der Waals surface area (Å²) in [4.78, 5) is 64.0. The molecule has 3 amide bonds. The minimum atomic E-state index is -3.28. The number of aromatic nitrogens is 4. The fraction of sp³-hybridized carbons (Fsp3) is 0.426. The second-order valence-corrected chi connectivity index (χ2v) is 20.6. The van der Waals surface area contributed by atoms with Crippen molar-refractivity contribution in [2.75, 3.05) is 40.0 Å². The van der Waals surface area contributed by atoms with E-state index in [4.69, 9.17) is 14.5 Å². The SMILES string of the molecule is COC(=O)N[C@H](C(=O)N1CC2(CC2)C[C@H]1c1cnc(-c2ccc3c(c2)C(F)(F)c2cc(-c4ccc5nc([C@@H]6[C@H]7CC[C@H](C7)N6C(=O)[C@H](c6ccccc6)N6CCOCC6)[nH]c5c4)ccc2-3)[nH]1)C(C)C. The molecule has 13 nitrogen and oxygen atoms in total. The van der Waals surface area contributed by atoms with Gasteiger partial charge in [-0.25, -0.2) is 14.8 Å². The summed E-state index contributed by atoms with van der Waals surface area (Å²) >= 11 is 0. The zero-order valence-electron chi connectivity index (χ0n) is 39.0. The number of likely N-dealkylation sites (tertiary alicyclic amines) is 2. The Morgan fingerprint density at radius 1 is 0.870 bits per heavy atom. The molecule has 0 unspecified atom stereocenters. The number of nitrogens with one attached hydrogen (secondary N) is 3. The van der Waals surface area contributed by atoms with Crippen molar-refractivity contribution in [3.8, 4) is 33.6 Å². The number of aromatic amines is 2. The van der Waals surface area contributed by atoms with Crippen LogP contribution in [0.15, 0.2) is 91.1 Å². The number of carbonyl (C=O) groups excluding carboxylic acids is 3. The molecule has 6 atom stereocenters. The van der Waals surface area contributed by atoms with Gasteiger partial charge in [0, 0.05) is 42.4 Å². The maximum atomic E-state index is 16.8. The van der Waals surface area contributed by atoms with Crippen LogP contribution >= 0.6 is 0 Å².